The van der Waals surface area contributed by atoms with E-state index in [1.54, 1.807) is 5.19 Å². The average molecular weight is 1450 g/mol. The number of terminal acetylenes is 1. The largest absolute Gasteiger partial charge is 2.00 e. The monoisotopic (exact) mass is 1450 g/mol. The molecule has 8 bridgehead atoms. The first kappa shape index (κ1) is 75.8. The molecule has 0 N–H and O–H groups in total. The Kier molecular flexibility index (Phi) is 27.3. The number of rotatable bonds is 18. The number of aryl methyl sites for hydroxylation is 2. The third kappa shape index (κ3) is 19.1. The predicted molar refractivity (Wildman–Crippen MR) is 451 cm³/mol. The third-order valence-corrected chi connectivity index (χ3v) is 26.4. The van der Waals surface area contributed by atoms with Crippen molar-refractivity contribution in [1.82, 2.24) is 19.9 Å². The van der Waals surface area contributed by atoms with Crippen molar-refractivity contribution in [1.29, 1.82) is 0 Å². The van der Waals surface area contributed by atoms with Crippen LogP contribution in [0.25, 0.3) is 102 Å². The van der Waals surface area contributed by atoms with Gasteiger partial charge >= 0.3 is 17.1 Å². The molecule has 5 aromatic carbocycles. The van der Waals surface area contributed by atoms with E-state index in [0.29, 0.717) is 0 Å². The summed E-state index contributed by atoms with van der Waals surface area (Å²) in [6, 6.07) is 50.4. The molecule has 2 atom stereocenters. The van der Waals surface area contributed by atoms with E-state index in [-0.39, 0.29) is 17.1 Å². The molecule has 7 heteroatoms. The maximum absolute atomic E-state index is 5.67. The van der Waals surface area contributed by atoms with Crippen LogP contribution in [0.2, 0.25) is 12.6 Å². The molecule has 3 aromatic heterocycles. The van der Waals surface area contributed by atoms with Crippen LogP contribution in [0.1, 0.15) is 131 Å². The fraction of sp³-hybridized carbons (Fsp3) is 0.188. The maximum Gasteiger partial charge on any atom is 2.00 e. The van der Waals surface area contributed by atoms with Crippen LogP contribution in [-0.2, 0) is 17.1 Å². The van der Waals surface area contributed by atoms with Crippen LogP contribution >= 0.6 is 0 Å². The van der Waals surface area contributed by atoms with Gasteiger partial charge in [0.1, 0.15) is 8.07 Å². The second-order valence-electron chi connectivity index (χ2n) is 26.2. The number of hydrogen-bond donors (Lipinski definition) is 0. The maximum atomic E-state index is 5.67. The molecular weight excluding hydrogens is 1380 g/mol. The van der Waals surface area contributed by atoms with E-state index in [1.165, 1.54) is 139 Å². The summed E-state index contributed by atoms with van der Waals surface area (Å²) in [7, 11) is -4.29. The molecule has 0 saturated heterocycles. The van der Waals surface area contributed by atoms with Crippen LogP contribution in [0, 0.1) is 203 Å². The molecule has 12 rings (SSSR count). The molecule has 0 radical (unpaired) electrons. The summed E-state index contributed by atoms with van der Waals surface area (Å²) in [5.74, 6) is 77.9. The van der Waals surface area contributed by atoms with E-state index in [4.69, 9.17) is 26.4 Å². The molecule has 0 spiro atoms. The zero-order valence-corrected chi connectivity index (χ0v) is 64.2. The fourth-order valence-electron chi connectivity index (χ4n) is 14.0. The van der Waals surface area contributed by atoms with Gasteiger partial charge in [-0.2, -0.15) is 0 Å². The van der Waals surface area contributed by atoms with Crippen molar-refractivity contribution in [2.45, 2.75) is 123 Å². The van der Waals surface area contributed by atoms with Gasteiger partial charge in [-0.3, -0.25) is 0 Å². The van der Waals surface area contributed by atoms with Crippen molar-refractivity contribution in [3.8, 4) is 245 Å². The number of benzene rings is 5. The summed E-state index contributed by atoms with van der Waals surface area (Å²) in [6.45, 7) is 9.18. The minimum Gasteiger partial charge on any atom is -0.657 e. The summed E-state index contributed by atoms with van der Waals surface area (Å²) < 4.78 is 0. The van der Waals surface area contributed by atoms with Crippen molar-refractivity contribution < 1.29 is 17.1 Å². The number of unbranched alkanes of at least 4 members (excludes halogenated alkanes) is 13. The van der Waals surface area contributed by atoms with Gasteiger partial charge in [0.2, 0.25) is 0 Å². The summed E-state index contributed by atoms with van der Waals surface area (Å²) >= 11 is 0. The summed E-state index contributed by atoms with van der Waals surface area (Å²) in [5, 5.41) is 5.53. The minimum atomic E-state index is -2.15. The average Bonchev–Trinajstić information content (AvgIpc) is 1.55. The van der Waals surface area contributed by atoms with Crippen LogP contribution < -0.4 is 30.7 Å². The number of nitrogens with zero attached hydrogens (tertiary/aromatic N) is 4. The molecule has 108 heavy (non-hydrogen) atoms. The number of hydrogen-bond acceptors (Lipinski definition) is 2. The molecule has 8 aromatic rings. The van der Waals surface area contributed by atoms with E-state index >= 15 is 0 Å². The summed E-state index contributed by atoms with van der Waals surface area (Å²) in [5.41, 5.74) is 23.8. The number of aromatic nitrogens is 4. The molecular formula is C101H70FeN4Si2. The minimum absolute atomic E-state index is 0. The third-order valence-electron chi connectivity index (χ3n) is 19.2. The molecule has 0 amide bonds. The smallest absolute Gasteiger partial charge is 0.657 e. The van der Waals surface area contributed by atoms with Crippen LogP contribution in [0.4, 0.5) is 0 Å². The molecule has 4 aliphatic heterocycles. The van der Waals surface area contributed by atoms with Crippen molar-refractivity contribution in [2.75, 3.05) is 0 Å². The van der Waals surface area contributed by atoms with Crippen molar-refractivity contribution in [3.63, 3.8) is 0 Å². The molecule has 0 aliphatic carbocycles. The zero-order chi connectivity index (χ0) is 73.7. The Labute approximate surface area is 652 Å². The Balaban J connectivity index is 0.0000116. The van der Waals surface area contributed by atoms with E-state index < -0.39 is 16.9 Å². The van der Waals surface area contributed by atoms with Gasteiger partial charge < -0.3 is 9.97 Å². The van der Waals surface area contributed by atoms with Gasteiger partial charge in [0, 0.05) is 82.9 Å². The summed E-state index contributed by atoms with van der Waals surface area (Å²) in [4.78, 5) is 22.3. The molecule has 0 saturated carbocycles. The topological polar surface area (TPSA) is 54.0 Å². The van der Waals surface area contributed by atoms with Crippen molar-refractivity contribution in [2.24, 2.45) is 0 Å². The molecule has 7 heterocycles. The Bertz CT molecular complexity index is 6250. The fourth-order valence-corrected chi connectivity index (χ4v) is 21.0. The van der Waals surface area contributed by atoms with Gasteiger partial charge in [0.15, 0.2) is 8.80 Å². The van der Waals surface area contributed by atoms with Gasteiger partial charge in [-0.1, -0.05) is 242 Å². The zero-order valence-electron chi connectivity index (χ0n) is 60.9. The van der Waals surface area contributed by atoms with Crippen LogP contribution in [-0.4, -0.2) is 26.8 Å². The Hall–Kier alpha value is -13.4. The quantitative estimate of drug-likeness (QED) is 0.0488. The molecule has 2 unspecified atom stereocenters. The Morgan fingerprint density at radius 2 is 0.722 bits per heavy atom. The number of fused-ring (bicyclic) bond motifs is 14. The second-order valence-corrected chi connectivity index (χ2v) is 32.8. The standard InChI is InChI=1S/C101H70N4Si2.Fe/c1-6-8-10-12-14-16-18-20-22-23-24-25-26-27-28-29-30-31-32-33-34-35-36-37-38-40-42-44-46-52-74-106-95-56-50-48-54-83(95)84-64-62-81(76-96(84)106)100-91-68-66-87(102-91)79(4)88-67-69-92(103-88)101(94-73-71-90(105-94)99(89-70-72-93(100)104-89)80-60-58-78(3)59-61-80)82-63-65-86-85-55-49-51-57-97(85)107(5,98(86)77-82)75-53-47-45-43-41-39-21-19-17-15-13-11-9-7-2;/h1,48-51,54-73,76-77,106H,7,9,11,13,15,17,19,21,39,41,43,45,47,53,75H2,2-5H3;/q-2;+2. The van der Waals surface area contributed by atoms with E-state index in [0.717, 1.165) is 83.8 Å². The first-order chi connectivity index (χ1) is 52.8. The molecule has 4 aliphatic rings. The van der Waals surface area contributed by atoms with Crippen molar-refractivity contribution >= 4 is 84.0 Å². The molecule has 4 nitrogen and oxygen atoms in total. The van der Waals surface area contributed by atoms with Crippen molar-refractivity contribution in [3.05, 3.63) is 167 Å². The van der Waals surface area contributed by atoms with E-state index in [1.807, 2.05) is 0 Å². The summed E-state index contributed by atoms with van der Waals surface area (Å²) in [6.07, 6.45) is 32.6. The first-order valence-electron chi connectivity index (χ1n) is 36.3. The van der Waals surface area contributed by atoms with E-state index in [9.17, 15) is 0 Å². The normalized spacial score (nSPS) is 12.2. The van der Waals surface area contributed by atoms with Crippen LogP contribution in [0.5, 0.6) is 0 Å². The second kappa shape index (κ2) is 38.9. The Morgan fingerprint density at radius 3 is 1.23 bits per heavy atom. The van der Waals surface area contributed by atoms with Crippen LogP contribution in [0.15, 0.2) is 133 Å². The van der Waals surface area contributed by atoms with Gasteiger partial charge in [-0.15, -0.1) is 34.0 Å². The predicted octanol–water partition coefficient (Wildman–Crippen LogP) is 15.7. The van der Waals surface area contributed by atoms with Gasteiger partial charge in [-0.05, 0) is 221 Å². The Morgan fingerprint density at radius 1 is 0.352 bits per heavy atom. The van der Waals surface area contributed by atoms with Crippen LogP contribution in [0.3, 0.4) is 0 Å². The SMILES string of the molecule is C#CC#CC#CC#CC#CC#CC#CC#CC#CC#CC#CC#CC#CC#CC#CC#C[SiH]1c2ccccc2-c2ccc(-c3c4nc(c(C)c5ccc([n-]5)c(-c5ccc6c(c5)[Si](C)(CCCCCCCCCCCCCCCC)c5ccccc5-6)c5nc(c(-c6ccc(C)cc6)c6ccc3[n-]6)C=C5)C=C4)cc21.[Fe+2]. The van der Waals surface area contributed by atoms with E-state index in [2.05, 4.69) is 368 Å². The molecule has 510 valence electrons. The van der Waals surface area contributed by atoms with Gasteiger partial charge in [-0.25, -0.2) is 9.97 Å². The molecule has 0 fully saturated rings. The first-order valence-corrected chi connectivity index (χ1v) is 40.8. The van der Waals surface area contributed by atoms with Gasteiger partial charge in [0.05, 0.1) is 22.8 Å². The van der Waals surface area contributed by atoms with Gasteiger partial charge in [0.25, 0.3) is 0 Å².